The van der Waals surface area contributed by atoms with Crippen molar-refractivity contribution in [2.24, 2.45) is 5.73 Å². The van der Waals surface area contributed by atoms with E-state index in [0.717, 1.165) is 6.42 Å². The van der Waals surface area contributed by atoms with Gasteiger partial charge >= 0.3 is 0 Å². The highest BCUT2D eigenvalue weighted by Gasteiger charge is 2.20. The van der Waals surface area contributed by atoms with Crippen molar-refractivity contribution in [3.63, 3.8) is 0 Å². The summed E-state index contributed by atoms with van der Waals surface area (Å²) in [6, 6.07) is 3.25. The number of hydrogen-bond acceptors (Lipinski definition) is 4. The van der Waals surface area contributed by atoms with Gasteiger partial charge in [-0.3, -0.25) is 4.79 Å². The van der Waals surface area contributed by atoms with E-state index in [-0.39, 0.29) is 6.10 Å². The highest BCUT2D eigenvalue weighted by Crippen LogP contribution is 2.18. The summed E-state index contributed by atoms with van der Waals surface area (Å²) in [6.07, 6.45) is 2.35. The molecule has 0 spiro atoms. The monoisotopic (exact) mass is 208 g/mol. The van der Waals surface area contributed by atoms with Crippen LogP contribution in [0.1, 0.15) is 16.8 Å². The molecule has 2 heterocycles. The minimum absolute atomic E-state index is 0.0296. The largest absolute Gasteiger partial charge is 0.471 e. The first kappa shape index (κ1) is 9.92. The van der Waals surface area contributed by atoms with Crippen molar-refractivity contribution in [3.05, 3.63) is 23.9 Å². The average Bonchev–Trinajstić information content (AvgIpc) is 2.71. The van der Waals surface area contributed by atoms with E-state index in [0.29, 0.717) is 24.7 Å². The molecule has 0 radical (unpaired) electrons. The molecule has 2 rings (SSSR count). The number of primary amides is 1. The minimum atomic E-state index is -0.531. The lowest BCUT2D eigenvalue weighted by molar-refractivity contribution is 0.0986. The molecule has 1 fully saturated rings. The van der Waals surface area contributed by atoms with Crippen molar-refractivity contribution in [2.45, 2.75) is 12.5 Å². The molecule has 1 aliphatic heterocycles. The normalized spacial score (nSPS) is 20.1. The van der Waals surface area contributed by atoms with Gasteiger partial charge in [0, 0.05) is 12.6 Å². The van der Waals surface area contributed by atoms with Crippen molar-refractivity contribution < 1.29 is 14.3 Å². The van der Waals surface area contributed by atoms with Crippen LogP contribution >= 0.6 is 0 Å². The maximum atomic E-state index is 11.1. The predicted octanol–water partition coefficient (Wildman–Crippen LogP) is 0.348. The summed E-state index contributed by atoms with van der Waals surface area (Å²) >= 11 is 0. The second-order valence-corrected chi connectivity index (χ2v) is 3.32. The fourth-order valence-electron chi connectivity index (χ4n) is 1.44. The molecule has 0 saturated carbocycles. The standard InChI is InChI=1S/C10H12N2O3/c11-9(13)8-2-1-4-12-10(8)15-7-3-5-14-6-7/h1-2,4,7H,3,5-6H2,(H2,11,13)/t7-/m1/s1. The maximum absolute atomic E-state index is 11.1. The third-order valence-electron chi connectivity index (χ3n) is 2.20. The van der Waals surface area contributed by atoms with E-state index in [4.69, 9.17) is 15.2 Å². The van der Waals surface area contributed by atoms with Crippen molar-refractivity contribution in [1.29, 1.82) is 0 Å². The maximum Gasteiger partial charge on any atom is 0.254 e. The van der Waals surface area contributed by atoms with E-state index in [1.54, 1.807) is 18.3 Å². The van der Waals surface area contributed by atoms with Gasteiger partial charge in [-0.05, 0) is 12.1 Å². The molecule has 1 aromatic heterocycles. The fraction of sp³-hybridized carbons (Fsp3) is 0.400. The van der Waals surface area contributed by atoms with E-state index >= 15 is 0 Å². The summed E-state index contributed by atoms with van der Waals surface area (Å²) in [5.74, 6) is -0.238. The number of carbonyl (C=O) groups excluding carboxylic acids is 1. The number of rotatable bonds is 3. The molecule has 15 heavy (non-hydrogen) atoms. The number of ether oxygens (including phenoxy) is 2. The van der Waals surface area contributed by atoms with Crippen molar-refractivity contribution in [1.82, 2.24) is 4.98 Å². The topological polar surface area (TPSA) is 74.4 Å². The van der Waals surface area contributed by atoms with Crippen molar-refractivity contribution in [3.8, 4) is 5.88 Å². The van der Waals surface area contributed by atoms with Crippen LogP contribution in [0.5, 0.6) is 5.88 Å². The zero-order valence-corrected chi connectivity index (χ0v) is 8.18. The first-order chi connectivity index (χ1) is 7.27. The molecule has 0 aliphatic carbocycles. The van der Waals surface area contributed by atoms with Crippen molar-refractivity contribution >= 4 is 5.91 Å². The molecule has 5 nitrogen and oxygen atoms in total. The Kier molecular flexibility index (Phi) is 2.82. The summed E-state index contributed by atoms with van der Waals surface area (Å²) in [5, 5.41) is 0. The summed E-state index contributed by atoms with van der Waals surface area (Å²) in [7, 11) is 0. The van der Waals surface area contributed by atoms with Gasteiger partial charge in [0.05, 0.1) is 13.2 Å². The Balaban J connectivity index is 2.15. The second-order valence-electron chi connectivity index (χ2n) is 3.32. The molecular formula is C10H12N2O3. The van der Waals surface area contributed by atoms with Gasteiger partial charge in [0.2, 0.25) is 5.88 Å². The lowest BCUT2D eigenvalue weighted by Crippen LogP contribution is -2.20. The molecule has 0 aromatic carbocycles. The van der Waals surface area contributed by atoms with Crippen LogP contribution in [0.2, 0.25) is 0 Å². The molecular weight excluding hydrogens is 196 g/mol. The summed E-state index contributed by atoms with van der Waals surface area (Å²) < 4.78 is 10.7. The van der Waals surface area contributed by atoms with E-state index in [2.05, 4.69) is 4.98 Å². The van der Waals surface area contributed by atoms with Crippen LogP contribution in [-0.2, 0) is 4.74 Å². The number of nitrogens with zero attached hydrogens (tertiary/aromatic N) is 1. The Morgan fingerprint density at radius 1 is 1.67 bits per heavy atom. The van der Waals surface area contributed by atoms with Crippen LogP contribution < -0.4 is 10.5 Å². The zero-order valence-electron chi connectivity index (χ0n) is 8.18. The van der Waals surface area contributed by atoms with E-state index in [9.17, 15) is 4.79 Å². The van der Waals surface area contributed by atoms with Crippen LogP contribution in [0.25, 0.3) is 0 Å². The number of nitrogens with two attached hydrogens (primary N) is 1. The summed E-state index contributed by atoms with van der Waals surface area (Å²) in [6.45, 7) is 1.22. The first-order valence-corrected chi connectivity index (χ1v) is 4.76. The van der Waals surface area contributed by atoms with Crippen molar-refractivity contribution in [2.75, 3.05) is 13.2 Å². The minimum Gasteiger partial charge on any atom is -0.471 e. The zero-order chi connectivity index (χ0) is 10.7. The smallest absolute Gasteiger partial charge is 0.254 e. The van der Waals surface area contributed by atoms with Gasteiger partial charge < -0.3 is 15.2 Å². The molecule has 1 aromatic rings. The van der Waals surface area contributed by atoms with Gasteiger partial charge in [-0.2, -0.15) is 0 Å². The Bertz CT molecular complexity index is 361. The van der Waals surface area contributed by atoms with Gasteiger partial charge in [-0.1, -0.05) is 0 Å². The van der Waals surface area contributed by atoms with Crippen LogP contribution in [0.4, 0.5) is 0 Å². The van der Waals surface area contributed by atoms with E-state index in [1.165, 1.54) is 0 Å². The van der Waals surface area contributed by atoms with Crippen LogP contribution in [0, 0.1) is 0 Å². The average molecular weight is 208 g/mol. The van der Waals surface area contributed by atoms with Gasteiger partial charge in [-0.15, -0.1) is 0 Å². The Morgan fingerprint density at radius 3 is 3.20 bits per heavy atom. The second kappa shape index (κ2) is 4.27. The van der Waals surface area contributed by atoms with Crippen LogP contribution in [-0.4, -0.2) is 30.2 Å². The first-order valence-electron chi connectivity index (χ1n) is 4.76. The third kappa shape index (κ3) is 2.24. The predicted molar refractivity (Wildman–Crippen MR) is 52.6 cm³/mol. The Morgan fingerprint density at radius 2 is 2.53 bits per heavy atom. The lowest BCUT2D eigenvalue weighted by Gasteiger charge is -2.12. The van der Waals surface area contributed by atoms with E-state index in [1.807, 2.05) is 0 Å². The van der Waals surface area contributed by atoms with Crippen LogP contribution in [0.15, 0.2) is 18.3 Å². The lowest BCUT2D eigenvalue weighted by atomic mass is 10.2. The summed E-state index contributed by atoms with van der Waals surface area (Å²) in [4.78, 5) is 15.1. The Hall–Kier alpha value is -1.62. The molecule has 1 amide bonds. The molecule has 80 valence electrons. The number of pyridine rings is 1. The van der Waals surface area contributed by atoms with Gasteiger partial charge in [0.1, 0.15) is 11.7 Å². The number of carbonyl (C=O) groups is 1. The van der Waals surface area contributed by atoms with Crippen LogP contribution in [0.3, 0.4) is 0 Å². The fourth-order valence-corrected chi connectivity index (χ4v) is 1.44. The third-order valence-corrected chi connectivity index (χ3v) is 2.20. The number of amides is 1. The number of aromatic nitrogens is 1. The number of hydrogen-bond donors (Lipinski definition) is 1. The SMILES string of the molecule is NC(=O)c1cccnc1O[C@@H]1CCOC1. The Labute approximate surface area is 87.2 Å². The molecule has 2 N–H and O–H groups in total. The molecule has 5 heteroatoms. The van der Waals surface area contributed by atoms with Gasteiger partial charge in [-0.25, -0.2) is 4.98 Å². The van der Waals surface area contributed by atoms with Gasteiger partial charge in [0.15, 0.2) is 0 Å². The molecule has 1 saturated heterocycles. The molecule has 1 atom stereocenters. The quantitative estimate of drug-likeness (QED) is 0.777. The molecule has 0 bridgehead atoms. The highest BCUT2D eigenvalue weighted by molar-refractivity contribution is 5.94. The van der Waals surface area contributed by atoms with E-state index < -0.39 is 5.91 Å². The molecule has 1 aliphatic rings. The summed E-state index contributed by atoms with van der Waals surface area (Å²) in [5.41, 5.74) is 5.51. The highest BCUT2D eigenvalue weighted by atomic mass is 16.5. The molecule has 0 unspecified atom stereocenters. The van der Waals surface area contributed by atoms with Gasteiger partial charge in [0.25, 0.3) is 5.91 Å².